The number of piperazine rings is 1. The van der Waals surface area contributed by atoms with Gasteiger partial charge in [-0.1, -0.05) is 42.5 Å². The van der Waals surface area contributed by atoms with Crippen molar-refractivity contribution in [2.45, 2.75) is 18.7 Å². The Morgan fingerprint density at radius 1 is 1.07 bits per heavy atom. The molecule has 1 fully saturated rings. The van der Waals surface area contributed by atoms with E-state index in [1.807, 2.05) is 18.2 Å². The summed E-state index contributed by atoms with van der Waals surface area (Å²) in [5, 5.41) is 2.71. The van der Waals surface area contributed by atoms with Gasteiger partial charge >= 0.3 is 0 Å². The molecule has 1 aliphatic heterocycles. The molecule has 0 spiro atoms. The van der Waals surface area contributed by atoms with E-state index in [1.54, 1.807) is 25.1 Å². The number of hydrogen-bond donors (Lipinski definition) is 1. The van der Waals surface area contributed by atoms with Crippen LogP contribution in [-0.2, 0) is 14.8 Å². The quantitative estimate of drug-likeness (QED) is 0.791. The van der Waals surface area contributed by atoms with Crippen LogP contribution in [-0.4, -0.2) is 56.3 Å². The van der Waals surface area contributed by atoms with Crippen LogP contribution in [0.1, 0.15) is 18.1 Å². The Labute approximate surface area is 172 Å². The normalized spacial score (nSPS) is 16.2. The fraction of sp³-hybridized carbons (Fsp3) is 0.318. The summed E-state index contributed by atoms with van der Waals surface area (Å²) in [6, 6.07) is 14.9. The number of aryl methyl sites for hydroxylation is 1. The number of carbonyl (C=O) groups excluding carboxylic acids is 1. The highest BCUT2D eigenvalue weighted by Crippen LogP contribution is 2.23. The fourth-order valence-electron chi connectivity index (χ4n) is 3.33. The Morgan fingerprint density at radius 2 is 1.76 bits per heavy atom. The summed E-state index contributed by atoms with van der Waals surface area (Å²) in [6.45, 7) is 6.35. The summed E-state index contributed by atoms with van der Waals surface area (Å²) in [5.41, 5.74) is 2.52. The van der Waals surface area contributed by atoms with Gasteiger partial charge in [-0.15, -0.1) is 0 Å². The van der Waals surface area contributed by atoms with Crippen molar-refractivity contribution in [2.24, 2.45) is 0 Å². The van der Waals surface area contributed by atoms with Crippen molar-refractivity contribution in [1.29, 1.82) is 0 Å². The van der Waals surface area contributed by atoms with Crippen LogP contribution in [0.15, 0.2) is 59.5 Å². The zero-order valence-corrected chi connectivity index (χ0v) is 17.7. The topological polar surface area (TPSA) is 69.7 Å². The van der Waals surface area contributed by atoms with E-state index >= 15 is 0 Å². The minimum atomic E-state index is -3.54. The monoisotopic (exact) mass is 413 g/mol. The highest BCUT2D eigenvalue weighted by atomic mass is 32.2. The van der Waals surface area contributed by atoms with Crippen molar-refractivity contribution in [3.05, 3.63) is 65.7 Å². The number of rotatable bonds is 6. The molecule has 0 aliphatic carbocycles. The van der Waals surface area contributed by atoms with Gasteiger partial charge in [0.2, 0.25) is 15.9 Å². The number of sulfonamides is 1. The number of nitrogens with one attached hydrogen (secondary N) is 1. The molecule has 2 aromatic carbocycles. The van der Waals surface area contributed by atoms with Crippen molar-refractivity contribution < 1.29 is 13.2 Å². The molecule has 29 heavy (non-hydrogen) atoms. The van der Waals surface area contributed by atoms with Crippen LogP contribution in [0.25, 0.3) is 6.08 Å². The zero-order valence-electron chi connectivity index (χ0n) is 16.8. The molecule has 0 aromatic heterocycles. The van der Waals surface area contributed by atoms with Crippen molar-refractivity contribution in [1.82, 2.24) is 9.21 Å². The van der Waals surface area contributed by atoms with Crippen molar-refractivity contribution >= 4 is 27.7 Å². The maximum Gasteiger partial charge on any atom is 0.243 e. The van der Waals surface area contributed by atoms with E-state index in [0.29, 0.717) is 31.9 Å². The molecule has 1 amide bonds. The minimum absolute atomic E-state index is 0.179. The Morgan fingerprint density at radius 3 is 2.38 bits per heavy atom. The van der Waals surface area contributed by atoms with Crippen molar-refractivity contribution in [3.63, 3.8) is 0 Å². The molecular weight excluding hydrogens is 386 g/mol. The highest BCUT2D eigenvalue weighted by Gasteiger charge is 2.28. The molecule has 6 nitrogen and oxygen atoms in total. The second-order valence-corrected chi connectivity index (χ2v) is 9.11. The van der Waals surface area contributed by atoms with Gasteiger partial charge in [-0.25, -0.2) is 8.42 Å². The van der Waals surface area contributed by atoms with E-state index in [1.165, 1.54) is 11.2 Å². The molecule has 1 saturated heterocycles. The molecule has 7 heteroatoms. The van der Waals surface area contributed by atoms with Crippen LogP contribution in [0.4, 0.5) is 5.69 Å². The first-order valence-corrected chi connectivity index (χ1v) is 11.1. The molecule has 1 aliphatic rings. The minimum Gasteiger partial charge on any atom is -0.326 e. The lowest BCUT2D eigenvalue weighted by Crippen LogP contribution is -2.48. The standard InChI is InChI=1S/C22H27N3O3S/c1-18-17-21(10-11-22(18)23-19(2)26)29(27,28)25-15-13-24(14-16-25)12-6-9-20-7-4-3-5-8-20/h3-11,17H,12-16H2,1-2H3,(H,23,26)/b9-6+. The third-order valence-corrected chi connectivity index (χ3v) is 6.85. The van der Waals surface area contributed by atoms with Crippen LogP contribution < -0.4 is 5.32 Å². The first kappa shape index (κ1) is 21.2. The number of benzene rings is 2. The van der Waals surface area contributed by atoms with Gasteiger partial charge in [0.25, 0.3) is 0 Å². The zero-order chi connectivity index (χ0) is 20.9. The van der Waals surface area contributed by atoms with Crippen LogP contribution in [0.5, 0.6) is 0 Å². The maximum atomic E-state index is 13.0. The molecular formula is C22H27N3O3S. The molecule has 0 atom stereocenters. The van der Waals surface area contributed by atoms with Gasteiger partial charge in [0.15, 0.2) is 0 Å². The lowest BCUT2D eigenvalue weighted by atomic mass is 10.2. The molecule has 0 bridgehead atoms. The van der Waals surface area contributed by atoms with Gasteiger partial charge in [-0.3, -0.25) is 9.69 Å². The van der Waals surface area contributed by atoms with Crippen molar-refractivity contribution in [2.75, 3.05) is 38.0 Å². The second-order valence-electron chi connectivity index (χ2n) is 7.18. The lowest BCUT2D eigenvalue weighted by molar-refractivity contribution is -0.114. The van der Waals surface area contributed by atoms with Gasteiger partial charge in [0.05, 0.1) is 4.90 Å². The van der Waals surface area contributed by atoms with Crippen molar-refractivity contribution in [3.8, 4) is 0 Å². The Balaban J connectivity index is 1.59. The molecule has 2 aromatic rings. The number of anilines is 1. The molecule has 0 saturated carbocycles. The number of amides is 1. The Kier molecular flexibility index (Phi) is 6.84. The highest BCUT2D eigenvalue weighted by molar-refractivity contribution is 7.89. The van der Waals surface area contributed by atoms with Gasteiger partial charge in [-0.2, -0.15) is 4.31 Å². The van der Waals surface area contributed by atoms with Gasteiger partial charge < -0.3 is 5.32 Å². The van der Waals surface area contributed by atoms with E-state index in [-0.39, 0.29) is 10.8 Å². The Bertz CT molecular complexity index is 980. The summed E-state index contributed by atoms with van der Waals surface area (Å²) in [4.78, 5) is 13.7. The predicted octanol–water partition coefficient (Wildman–Crippen LogP) is 2.97. The summed E-state index contributed by atoms with van der Waals surface area (Å²) in [5.74, 6) is -0.179. The molecule has 3 rings (SSSR count). The van der Waals surface area contributed by atoms with E-state index in [2.05, 4.69) is 34.5 Å². The van der Waals surface area contributed by atoms with Crippen LogP contribution >= 0.6 is 0 Å². The molecule has 0 radical (unpaired) electrons. The number of carbonyl (C=O) groups is 1. The maximum absolute atomic E-state index is 13.0. The fourth-order valence-corrected chi connectivity index (χ4v) is 4.84. The molecule has 1 heterocycles. The largest absolute Gasteiger partial charge is 0.326 e. The van der Waals surface area contributed by atoms with Crippen LogP contribution in [0.3, 0.4) is 0 Å². The average molecular weight is 414 g/mol. The average Bonchev–Trinajstić information content (AvgIpc) is 2.70. The summed E-state index contributed by atoms with van der Waals surface area (Å²) < 4.78 is 27.5. The Hall–Kier alpha value is -2.48. The summed E-state index contributed by atoms with van der Waals surface area (Å²) in [6.07, 6.45) is 4.20. The van der Waals surface area contributed by atoms with Crippen LogP contribution in [0.2, 0.25) is 0 Å². The number of hydrogen-bond acceptors (Lipinski definition) is 4. The SMILES string of the molecule is CC(=O)Nc1ccc(S(=O)(=O)N2CCN(C/C=C/c3ccccc3)CC2)cc1C. The lowest BCUT2D eigenvalue weighted by Gasteiger charge is -2.33. The first-order chi connectivity index (χ1) is 13.9. The molecule has 154 valence electrons. The smallest absolute Gasteiger partial charge is 0.243 e. The van der Waals surface area contributed by atoms with Gasteiger partial charge in [-0.05, 0) is 36.2 Å². The predicted molar refractivity (Wildman–Crippen MR) is 116 cm³/mol. The number of nitrogens with zero attached hydrogens (tertiary/aromatic N) is 2. The van der Waals surface area contributed by atoms with Gasteiger partial charge in [0, 0.05) is 45.3 Å². The summed E-state index contributed by atoms with van der Waals surface area (Å²) >= 11 is 0. The third kappa shape index (κ3) is 5.53. The van der Waals surface area contributed by atoms with Gasteiger partial charge in [0.1, 0.15) is 0 Å². The van der Waals surface area contributed by atoms with E-state index < -0.39 is 10.0 Å². The van der Waals surface area contributed by atoms with E-state index in [9.17, 15) is 13.2 Å². The summed E-state index contributed by atoms with van der Waals surface area (Å²) in [7, 11) is -3.54. The second kappa shape index (κ2) is 9.35. The van der Waals surface area contributed by atoms with Crippen LogP contribution in [0, 0.1) is 6.92 Å². The van der Waals surface area contributed by atoms with E-state index in [4.69, 9.17) is 0 Å². The molecule has 0 unspecified atom stereocenters. The third-order valence-electron chi connectivity index (χ3n) is 4.95. The van der Waals surface area contributed by atoms with E-state index in [0.717, 1.165) is 17.7 Å². The molecule has 1 N–H and O–H groups in total. The first-order valence-electron chi connectivity index (χ1n) is 9.68.